The zero-order chi connectivity index (χ0) is 15.0. The fourth-order valence-electron chi connectivity index (χ4n) is 2.25. The Bertz CT molecular complexity index is 681. The zero-order valence-corrected chi connectivity index (χ0v) is 12.2. The molecule has 1 aromatic carbocycles. The van der Waals surface area contributed by atoms with E-state index >= 15 is 0 Å². The molecule has 0 saturated carbocycles. The number of ether oxygens (including phenoxy) is 2. The van der Waals surface area contributed by atoms with Crippen LogP contribution in [0.1, 0.15) is 6.92 Å². The largest absolute Gasteiger partial charge is 0.491 e. The van der Waals surface area contributed by atoms with Crippen LogP contribution in [-0.2, 0) is 11.8 Å². The van der Waals surface area contributed by atoms with Crippen molar-refractivity contribution in [3.8, 4) is 17.4 Å². The second-order valence-corrected chi connectivity index (χ2v) is 5.17. The van der Waals surface area contributed by atoms with E-state index in [9.17, 15) is 4.79 Å². The first-order valence-corrected chi connectivity index (χ1v) is 6.76. The number of hydrogen-bond donors (Lipinski definition) is 0. The molecule has 0 bridgehead atoms. The first-order valence-electron chi connectivity index (χ1n) is 6.76. The lowest BCUT2D eigenvalue weighted by molar-refractivity contribution is -0.122. The van der Waals surface area contributed by atoms with Gasteiger partial charge in [-0.1, -0.05) is 6.92 Å². The highest BCUT2D eigenvalue weighted by Gasteiger charge is 2.26. The van der Waals surface area contributed by atoms with E-state index in [-0.39, 0.29) is 11.8 Å². The summed E-state index contributed by atoms with van der Waals surface area (Å²) in [6, 6.07) is 7.19. The van der Waals surface area contributed by atoms with Gasteiger partial charge in [-0.3, -0.25) is 9.48 Å². The second-order valence-electron chi connectivity index (χ2n) is 5.17. The van der Waals surface area contributed by atoms with E-state index in [0.717, 1.165) is 0 Å². The molecule has 6 heteroatoms. The SMILES string of the molecule is CC1COc2ccc(Oc3ccn(C)n3)cc2N(C)C1=O. The third kappa shape index (κ3) is 2.56. The predicted molar refractivity (Wildman–Crippen MR) is 77.8 cm³/mol. The summed E-state index contributed by atoms with van der Waals surface area (Å²) in [5.74, 6) is 1.68. The van der Waals surface area contributed by atoms with Gasteiger partial charge in [0.2, 0.25) is 11.8 Å². The summed E-state index contributed by atoms with van der Waals surface area (Å²) < 4.78 is 13.0. The molecule has 1 unspecified atom stereocenters. The quantitative estimate of drug-likeness (QED) is 0.849. The molecule has 0 N–H and O–H groups in total. The molecule has 110 valence electrons. The molecule has 0 saturated heterocycles. The average Bonchev–Trinajstić information content (AvgIpc) is 2.84. The van der Waals surface area contributed by atoms with Crippen molar-refractivity contribution < 1.29 is 14.3 Å². The maximum Gasteiger partial charge on any atom is 0.238 e. The molecule has 1 aliphatic heterocycles. The summed E-state index contributed by atoms with van der Waals surface area (Å²) in [6.45, 7) is 2.24. The Morgan fingerprint density at radius 1 is 1.33 bits per heavy atom. The minimum absolute atomic E-state index is 0.0312. The number of hydrogen-bond acceptors (Lipinski definition) is 4. The Kier molecular flexibility index (Phi) is 3.29. The number of fused-ring (bicyclic) bond motifs is 1. The van der Waals surface area contributed by atoms with E-state index in [1.54, 1.807) is 35.0 Å². The topological polar surface area (TPSA) is 56.6 Å². The van der Waals surface area contributed by atoms with E-state index in [1.807, 2.05) is 26.1 Å². The fourth-order valence-corrected chi connectivity index (χ4v) is 2.25. The van der Waals surface area contributed by atoms with Crippen LogP contribution in [0, 0.1) is 5.92 Å². The molecule has 2 heterocycles. The molecule has 0 radical (unpaired) electrons. The van der Waals surface area contributed by atoms with Gasteiger partial charge in [0.15, 0.2) is 0 Å². The van der Waals surface area contributed by atoms with Crippen molar-refractivity contribution in [2.45, 2.75) is 6.92 Å². The lowest BCUT2D eigenvalue weighted by atomic mass is 10.1. The summed E-state index contributed by atoms with van der Waals surface area (Å²) in [7, 11) is 3.57. The van der Waals surface area contributed by atoms with Gasteiger partial charge in [-0.05, 0) is 12.1 Å². The van der Waals surface area contributed by atoms with Crippen LogP contribution < -0.4 is 14.4 Å². The van der Waals surface area contributed by atoms with E-state index in [4.69, 9.17) is 9.47 Å². The molecule has 21 heavy (non-hydrogen) atoms. The Hall–Kier alpha value is -2.50. The smallest absolute Gasteiger partial charge is 0.238 e. The van der Waals surface area contributed by atoms with Gasteiger partial charge in [0.25, 0.3) is 0 Å². The monoisotopic (exact) mass is 287 g/mol. The van der Waals surface area contributed by atoms with Crippen molar-refractivity contribution >= 4 is 11.6 Å². The number of nitrogens with zero attached hydrogens (tertiary/aromatic N) is 3. The molecule has 6 nitrogen and oxygen atoms in total. The van der Waals surface area contributed by atoms with Gasteiger partial charge >= 0.3 is 0 Å². The van der Waals surface area contributed by atoms with E-state index in [0.29, 0.717) is 29.7 Å². The highest BCUT2D eigenvalue weighted by Crippen LogP contribution is 2.36. The number of aryl methyl sites for hydroxylation is 1. The Morgan fingerprint density at radius 3 is 2.86 bits per heavy atom. The standard InChI is InChI=1S/C15H17N3O3/c1-10-9-20-13-5-4-11(8-12(13)18(3)15(10)19)21-14-6-7-17(2)16-14/h4-8,10H,9H2,1-3H3. The van der Waals surface area contributed by atoms with Crippen molar-refractivity contribution in [1.29, 1.82) is 0 Å². The van der Waals surface area contributed by atoms with Gasteiger partial charge in [0.1, 0.15) is 11.5 Å². The van der Waals surface area contributed by atoms with Crippen LogP contribution in [0.3, 0.4) is 0 Å². The first-order chi connectivity index (χ1) is 10.0. The number of benzene rings is 1. The van der Waals surface area contributed by atoms with Crippen molar-refractivity contribution in [3.63, 3.8) is 0 Å². The highest BCUT2D eigenvalue weighted by atomic mass is 16.5. The van der Waals surface area contributed by atoms with Crippen LogP contribution in [0.2, 0.25) is 0 Å². The zero-order valence-electron chi connectivity index (χ0n) is 12.2. The molecule has 1 atom stereocenters. The normalized spacial score (nSPS) is 18.0. The molecule has 1 aromatic heterocycles. The maximum atomic E-state index is 12.2. The van der Waals surface area contributed by atoms with Crippen molar-refractivity contribution in [2.75, 3.05) is 18.6 Å². The lowest BCUT2D eigenvalue weighted by Crippen LogP contribution is -2.31. The fraction of sp³-hybridized carbons (Fsp3) is 0.333. The minimum atomic E-state index is -0.164. The van der Waals surface area contributed by atoms with Crippen molar-refractivity contribution in [3.05, 3.63) is 30.5 Å². The number of aromatic nitrogens is 2. The molecule has 0 aliphatic carbocycles. The molecular formula is C15H17N3O3. The Labute approximate surface area is 122 Å². The van der Waals surface area contributed by atoms with Crippen molar-refractivity contribution in [2.24, 2.45) is 13.0 Å². The van der Waals surface area contributed by atoms with Gasteiger partial charge in [-0.15, -0.1) is 5.10 Å². The molecule has 1 amide bonds. The average molecular weight is 287 g/mol. The molecular weight excluding hydrogens is 270 g/mol. The van der Waals surface area contributed by atoms with Gasteiger partial charge in [-0.25, -0.2) is 0 Å². The maximum absolute atomic E-state index is 12.2. The molecule has 2 aromatic rings. The van der Waals surface area contributed by atoms with Gasteiger partial charge < -0.3 is 14.4 Å². The van der Waals surface area contributed by atoms with Crippen LogP contribution in [0.5, 0.6) is 17.4 Å². The highest BCUT2D eigenvalue weighted by molar-refractivity contribution is 5.96. The number of rotatable bonds is 2. The number of carbonyl (C=O) groups is 1. The number of amides is 1. The van der Waals surface area contributed by atoms with Crippen LogP contribution in [-0.4, -0.2) is 29.3 Å². The van der Waals surface area contributed by atoms with Crippen molar-refractivity contribution in [1.82, 2.24) is 9.78 Å². The van der Waals surface area contributed by atoms with Crippen LogP contribution >= 0.6 is 0 Å². The summed E-state index contributed by atoms with van der Waals surface area (Å²) in [6.07, 6.45) is 1.80. The second kappa shape index (κ2) is 5.12. The van der Waals surface area contributed by atoms with Gasteiger partial charge in [-0.2, -0.15) is 0 Å². The third-order valence-electron chi connectivity index (χ3n) is 3.44. The van der Waals surface area contributed by atoms with Gasteiger partial charge in [0.05, 0.1) is 18.2 Å². The van der Waals surface area contributed by atoms with Crippen LogP contribution in [0.4, 0.5) is 5.69 Å². The first kappa shape index (κ1) is 13.5. The Morgan fingerprint density at radius 2 is 2.14 bits per heavy atom. The molecule has 3 rings (SSSR count). The van der Waals surface area contributed by atoms with Crippen LogP contribution in [0.25, 0.3) is 0 Å². The molecule has 1 aliphatic rings. The predicted octanol–water partition coefficient (Wildman–Crippen LogP) is 2.20. The van der Waals surface area contributed by atoms with E-state index in [2.05, 4.69) is 5.10 Å². The molecule has 0 spiro atoms. The minimum Gasteiger partial charge on any atom is -0.491 e. The van der Waals surface area contributed by atoms with E-state index < -0.39 is 0 Å². The third-order valence-corrected chi connectivity index (χ3v) is 3.44. The van der Waals surface area contributed by atoms with Gasteiger partial charge in [0, 0.05) is 32.4 Å². The summed E-state index contributed by atoms with van der Waals surface area (Å²) in [5.41, 5.74) is 0.706. The van der Waals surface area contributed by atoms with Crippen LogP contribution in [0.15, 0.2) is 30.5 Å². The number of anilines is 1. The number of carbonyl (C=O) groups excluding carboxylic acids is 1. The Balaban J connectivity index is 1.91. The molecule has 0 fully saturated rings. The summed E-state index contributed by atoms with van der Waals surface area (Å²) >= 11 is 0. The summed E-state index contributed by atoms with van der Waals surface area (Å²) in [4.78, 5) is 13.8. The lowest BCUT2D eigenvalue weighted by Gasteiger charge is -2.18. The summed E-state index contributed by atoms with van der Waals surface area (Å²) in [5, 5.41) is 4.17. The van der Waals surface area contributed by atoms with E-state index in [1.165, 1.54) is 0 Å².